The monoisotopic (exact) mass is 471 g/mol. The lowest BCUT2D eigenvalue weighted by Gasteiger charge is -2.18. The van der Waals surface area contributed by atoms with E-state index in [1.807, 2.05) is 22.9 Å². The first kappa shape index (κ1) is 20.8. The van der Waals surface area contributed by atoms with Gasteiger partial charge >= 0.3 is 0 Å². The molecule has 1 aromatic carbocycles. The maximum absolute atomic E-state index is 13.8. The molecule has 0 unspecified atom stereocenters. The highest BCUT2D eigenvalue weighted by Crippen LogP contribution is 2.48. The van der Waals surface area contributed by atoms with Gasteiger partial charge in [0.15, 0.2) is 5.65 Å². The summed E-state index contributed by atoms with van der Waals surface area (Å²) < 4.78 is 17.4. The van der Waals surface area contributed by atoms with Crippen LogP contribution in [0.2, 0.25) is 0 Å². The van der Waals surface area contributed by atoms with Crippen LogP contribution >= 0.6 is 0 Å². The molecule has 1 aliphatic heterocycles. The van der Waals surface area contributed by atoms with Gasteiger partial charge < -0.3 is 10.6 Å². The van der Waals surface area contributed by atoms with Crippen molar-refractivity contribution in [3.8, 4) is 5.69 Å². The fourth-order valence-corrected chi connectivity index (χ4v) is 5.09. The molecule has 4 aromatic rings. The van der Waals surface area contributed by atoms with Crippen molar-refractivity contribution in [2.75, 3.05) is 18.5 Å². The molecule has 3 aliphatic rings. The molecule has 9 heteroatoms. The third-order valence-electron chi connectivity index (χ3n) is 7.51. The fraction of sp³-hybridized carbons (Fsp3) is 0.385. The average molecular weight is 472 g/mol. The zero-order chi connectivity index (χ0) is 23.6. The largest absolute Gasteiger partial charge is 0.324 e. The van der Waals surface area contributed by atoms with Crippen LogP contribution in [0, 0.1) is 0 Å². The van der Waals surface area contributed by atoms with Gasteiger partial charge in [0.05, 0.1) is 17.4 Å². The summed E-state index contributed by atoms with van der Waals surface area (Å²) in [7, 11) is 0. The topological polar surface area (TPSA) is 89.7 Å². The summed E-state index contributed by atoms with van der Waals surface area (Å²) in [5.74, 6) is 0.430. The molecule has 2 fully saturated rings. The maximum atomic E-state index is 13.8. The van der Waals surface area contributed by atoms with Crippen LogP contribution in [0.5, 0.6) is 0 Å². The molecule has 0 radical (unpaired) electrons. The standard InChI is InChI=1S/C26H26FN7O/c27-15-26(7-8-26)22-12-20(6-10-29-22)33-23-21(24(35)34(33)19-3-4-19)14-30-25(32-23)31-18-2-1-16-5-9-28-13-17(16)11-18/h1-2,6,10-12,14,19,28H,3-5,7-9,13,15H2,(H,30,31,32). The first-order valence-electron chi connectivity index (χ1n) is 12.3. The quantitative estimate of drug-likeness (QED) is 0.446. The van der Waals surface area contributed by atoms with Crippen molar-refractivity contribution in [2.24, 2.45) is 0 Å². The van der Waals surface area contributed by atoms with Crippen molar-refractivity contribution >= 4 is 22.7 Å². The van der Waals surface area contributed by atoms with Crippen LogP contribution in [0.1, 0.15) is 48.5 Å². The smallest absolute Gasteiger partial charge is 0.278 e. The molecule has 35 heavy (non-hydrogen) atoms. The van der Waals surface area contributed by atoms with Crippen molar-refractivity contribution in [3.63, 3.8) is 0 Å². The Kier molecular flexibility index (Phi) is 4.57. The first-order valence-corrected chi connectivity index (χ1v) is 12.3. The Morgan fingerprint density at radius 1 is 1.14 bits per heavy atom. The molecule has 0 amide bonds. The Morgan fingerprint density at radius 3 is 2.83 bits per heavy atom. The Labute approximate surface area is 201 Å². The number of pyridine rings is 1. The van der Waals surface area contributed by atoms with E-state index in [0.29, 0.717) is 17.0 Å². The molecule has 0 bridgehead atoms. The molecule has 2 aliphatic carbocycles. The number of fused-ring (bicyclic) bond motifs is 2. The minimum absolute atomic E-state index is 0.0982. The summed E-state index contributed by atoms with van der Waals surface area (Å²) in [6, 6.07) is 10.2. The summed E-state index contributed by atoms with van der Waals surface area (Å²) in [5.41, 5.74) is 5.02. The number of aromatic nitrogens is 5. The SMILES string of the molecule is O=c1c2cnc(Nc3ccc4c(c3)CNCC4)nc2n(-c2ccnc(C3(CF)CC3)c2)n1C1CC1. The second kappa shape index (κ2) is 7.71. The van der Waals surface area contributed by atoms with Crippen molar-refractivity contribution in [3.05, 3.63) is 69.9 Å². The highest BCUT2D eigenvalue weighted by Gasteiger charge is 2.46. The molecule has 4 heterocycles. The molecule has 8 nitrogen and oxygen atoms in total. The van der Waals surface area contributed by atoms with E-state index in [1.54, 1.807) is 17.1 Å². The molecule has 7 rings (SSSR count). The van der Waals surface area contributed by atoms with Gasteiger partial charge in [0, 0.05) is 30.0 Å². The van der Waals surface area contributed by atoms with E-state index in [1.165, 1.54) is 11.1 Å². The van der Waals surface area contributed by atoms with Crippen LogP contribution < -0.4 is 16.2 Å². The number of halogens is 1. The van der Waals surface area contributed by atoms with Crippen LogP contribution in [-0.2, 0) is 18.4 Å². The van der Waals surface area contributed by atoms with Gasteiger partial charge in [-0.05, 0) is 74.0 Å². The van der Waals surface area contributed by atoms with Crippen molar-refractivity contribution in [2.45, 2.75) is 50.1 Å². The second-order valence-corrected chi connectivity index (χ2v) is 9.97. The molecular weight excluding hydrogens is 445 g/mol. The van der Waals surface area contributed by atoms with Gasteiger partial charge in [-0.25, -0.2) is 14.3 Å². The predicted molar refractivity (Wildman–Crippen MR) is 131 cm³/mol. The Bertz CT molecular complexity index is 1520. The van der Waals surface area contributed by atoms with E-state index in [9.17, 15) is 9.18 Å². The highest BCUT2D eigenvalue weighted by molar-refractivity contribution is 5.77. The minimum Gasteiger partial charge on any atom is -0.324 e. The molecule has 2 N–H and O–H groups in total. The highest BCUT2D eigenvalue weighted by atomic mass is 19.1. The summed E-state index contributed by atoms with van der Waals surface area (Å²) in [5, 5.41) is 7.19. The number of benzene rings is 1. The second-order valence-electron chi connectivity index (χ2n) is 9.97. The van der Waals surface area contributed by atoms with Gasteiger partial charge in [0.1, 0.15) is 12.1 Å². The summed E-state index contributed by atoms with van der Waals surface area (Å²) in [6.07, 6.45) is 7.83. The van der Waals surface area contributed by atoms with Crippen LogP contribution in [0.4, 0.5) is 16.0 Å². The predicted octanol–water partition coefficient (Wildman–Crippen LogP) is 3.70. The molecule has 0 atom stereocenters. The van der Waals surface area contributed by atoms with Crippen molar-refractivity contribution in [1.29, 1.82) is 0 Å². The third-order valence-corrected chi connectivity index (χ3v) is 7.51. The van der Waals surface area contributed by atoms with Gasteiger partial charge in [-0.15, -0.1) is 0 Å². The number of nitrogens with zero attached hydrogens (tertiary/aromatic N) is 5. The van der Waals surface area contributed by atoms with Crippen LogP contribution in [0.25, 0.3) is 16.7 Å². The Hall–Kier alpha value is -3.59. The Balaban J connectivity index is 1.33. The van der Waals surface area contributed by atoms with Gasteiger partial charge in [-0.3, -0.25) is 14.2 Å². The number of rotatable bonds is 6. The fourth-order valence-electron chi connectivity index (χ4n) is 5.09. The maximum Gasteiger partial charge on any atom is 0.278 e. The lowest BCUT2D eigenvalue weighted by atomic mass is 10.0. The lowest BCUT2D eigenvalue weighted by molar-refractivity contribution is 0.412. The number of hydrogen-bond donors (Lipinski definition) is 2. The first-order chi connectivity index (χ1) is 17.1. The summed E-state index contributed by atoms with van der Waals surface area (Å²) >= 11 is 0. The van der Waals surface area contributed by atoms with Gasteiger partial charge in [0.25, 0.3) is 5.56 Å². The molecule has 3 aromatic heterocycles. The Morgan fingerprint density at radius 2 is 2.03 bits per heavy atom. The third kappa shape index (κ3) is 3.44. The number of alkyl halides is 1. The summed E-state index contributed by atoms with van der Waals surface area (Å²) in [4.78, 5) is 27.1. The molecule has 178 valence electrons. The number of anilines is 2. The van der Waals surface area contributed by atoms with E-state index in [2.05, 4.69) is 32.7 Å². The van der Waals surface area contributed by atoms with E-state index in [-0.39, 0.29) is 11.6 Å². The van der Waals surface area contributed by atoms with Gasteiger partial charge in [-0.2, -0.15) is 4.98 Å². The minimum atomic E-state index is -0.479. The van der Waals surface area contributed by atoms with Crippen LogP contribution in [0.15, 0.2) is 47.5 Å². The number of nitrogens with one attached hydrogen (secondary N) is 2. The van der Waals surface area contributed by atoms with E-state index in [4.69, 9.17) is 4.98 Å². The molecular formula is C26H26FN7O. The van der Waals surface area contributed by atoms with E-state index in [0.717, 1.165) is 62.3 Å². The zero-order valence-electron chi connectivity index (χ0n) is 19.3. The van der Waals surface area contributed by atoms with Crippen LogP contribution in [-0.4, -0.2) is 37.5 Å². The van der Waals surface area contributed by atoms with Crippen LogP contribution in [0.3, 0.4) is 0 Å². The van der Waals surface area contributed by atoms with E-state index < -0.39 is 12.1 Å². The van der Waals surface area contributed by atoms with Crippen molar-refractivity contribution in [1.82, 2.24) is 29.6 Å². The lowest BCUT2D eigenvalue weighted by Crippen LogP contribution is -2.23. The van der Waals surface area contributed by atoms with Gasteiger partial charge in [0.2, 0.25) is 5.95 Å². The van der Waals surface area contributed by atoms with E-state index >= 15 is 0 Å². The zero-order valence-corrected chi connectivity index (χ0v) is 19.3. The number of hydrogen-bond acceptors (Lipinski definition) is 6. The normalized spacial score (nSPS) is 18.4. The average Bonchev–Trinajstić information content (AvgIpc) is 3.82. The summed E-state index contributed by atoms with van der Waals surface area (Å²) in [6.45, 7) is 1.43. The van der Waals surface area contributed by atoms with Crippen molar-refractivity contribution < 1.29 is 4.39 Å². The molecule has 2 saturated carbocycles. The molecule has 0 saturated heterocycles. The molecule has 0 spiro atoms. The van der Waals surface area contributed by atoms with Gasteiger partial charge in [-0.1, -0.05) is 6.07 Å².